The second-order valence-corrected chi connectivity index (χ2v) is 5.78. The van der Waals surface area contributed by atoms with Gasteiger partial charge in [0.15, 0.2) is 0 Å². The molecule has 1 aromatic heterocycles. The van der Waals surface area contributed by atoms with E-state index in [4.69, 9.17) is 4.52 Å². The van der Waals surface area contributed by atoms with Crippen LogP contribution in [0.4, 0.5) is 5.69 Å². The van der Waals surface area contributed by atoms with Crippen molar-refractivity contribution in [2.75, 3.05) is 12.4 Å². The van der Waals surface area contributed by atoms with Gasteiger partial charge < -0.3 is 14.7 Å². The van der Waals surface area contributed by atoms with Crippen molar-refractivity contribution < 1.29 is 14.1 Å². The van der Waals surface area contributed by atoms with Gasteiger partial charge >= 0.3 is 0 Å². The van der Waals surface area contributed by atoms with Crippen molar-refractivity contribution in [3.63, 3.8) is 0 Å². The SMILES string of the molecule is CCCC(=O)Nc1ccc(CC(=O)N(C)[C@H](C)c2ccon2)cc1. The summed E-state index contributed by atoms with van der Waals surface area (Å²) in [6, 6.07) is 8.95. The molecule has 1 atom stereocenters. The monoisotopic (exact) mass is 329 g/mol. The van der Waals surface area contributed by atoms with Crippen LogP contribution in [-0.2, 0) is 16.0 Å². The van der Waals surface area contributed by atoms with Gasteiger partial charge in [0, 0.05) is 25.2 Å². The Bertz CT molecular complexity index is 665. The van der Waals surface area contributed by atoms with Crippen LogP contribution in [0.15, 0.2) is 41.1 Å². The van der Waals surface area contributed by atoms with Crippen molar-refractivity contribution in [3.05, 3.63) is 47.9 Å². The molecular weight excluding hydrogens is 306 g/mol. The lowest BCUT2D eigenvalue weighted by atomic mass is 10.1. The second kappa shape index (κ2) is 8.29. The topological polar surface area (TPSA) is 75.4 Å². The lowest BCUT2D eigenvalue weighted by Gasteiger charge is -2.23. The Balaban J connectivity index is 1.93. The Hall–Kier alpha value is -2.63. The molecule has 0 aliphatic rings. The van der Waals surface area contributed by atoms with E-state index < -0.39 is 0 Å². The lowest BCUT2D eigenvalue weighted by molar-refractivity contribution is -0.131. The standard InChI is InChI=1S/C18H23N3O3/c1-4-5-17(22)19-15-8-6-14(7-9-15)12-18(23)21(3)13(2)16-10-11-24-20-16/h6-11,13H,4-5,12H2,1-3H3,(H,19,22)/t13-/m1/s1. The Kier molecular flexibility index (Phi) is 6.12. The predicted octanol–water partition coefficient (Wildman–Crippen LogP) is 3.18. The van der Waals surface area contributed by atoms with Gasteiger partial charge in [0.2, 0.25) is 11.8 Å². The molecule has 0 radical (unpaired) electrons. The van der Waals surface area contributed by atoms with Crippen LogP contribution in [0, 0.1) is 0 Å². The first-order valence-corrected chi connectivity index (χ1v) is 8.06. The number of rotatable bonds is 7. The van der Waals surface area contributed by atoms with E-state index in [2.05, 4.69) is 10.5 Å². The van der Waals surface area contributed by atoms with Crippen molar-refractivity contribution in [2.24, 2.45) is 0 Å². The summed E-state index contributed by atoms with van der Waals surface area (Å²) in [5.74, 6) is -0.00392. The molecule has 0 unspecified atom stereocenters. The first kappa shape index (κ1) is 17.7. The normalized spacial score (nSPS) is 11.8. The number of hydrogen-bond donors (Lipinski definition) is 1. The number of nitrogens with one attached hydrogen (secondary N) is 1. The summed E-state index contributed by atoms with van der Waals surface area (Å²) >= 11 is 0. The highest BCUT2D eigenvalue weighted by Crippen LogP contribution is 2.18. The zero-order valence-corrected chi connectivity index (χ0v) is 14.3. The second-order valence-electron chi connectivity index (χ2n) is 5.78. The number of carbonyl (C=O) groups is 2. The number of anilines is 1. The quantitative estimate of drug-likeness (QED) is 0.846. The third-order valence-electron chi connectivity index (χ3n) is 3.93. The fourth-order valence-electron chi connectivity index (χ4n) is 2.31. The minimum Gasteiger partial charge on any atom is -0.364 e. The Morgan fingerprint density at radius 3 is 2.54 bits per heavy atom. The number of aromatic nitrogens is 1. The molecule has 1 N–H and O–H groups in total. The van der Waals surface area contributed by atoms with Gasteiger partial charge in [-0.05, 0) is 31.0 Å². The molecule has 1 aromatic carbocycles. The maximum Gasteiger partial charge on any atom is 0.227 e. The van der Waals surface area contributed by atoms with Crippen LogP contribution in [0.3, 0.4) is 0 Å². The first-order chi connectivity index (χ1) is 11.5. The molecule has 0 bridgehead atoms. The van der Waals surface area contributed by atoms with Crippen molar-refractivity contribution in [3.8, 4) is 0 Å². The highest BCUT2D eigenvalue weighted by atomic mass is 16.5. The van der Waals surface area contributed by atoms with Crippen molar-refractivity contribution in [1.29, 1.82) is 0 Å². The number of nitrogens with zero attached hydrogens (tertiary/aromatic N) is 2. The van der Waals surface area contributed by atoms with E-state index in [-0.39, 0.29) is 17.9 Å². The summed E-state index contributed by atoms with van der Waals surface area (Å²) in [5.41, 5.74) is 2.36. The summed E-state index contributed by atoms with van der Waals surface area (Å²) < 4.78 is 4.82. The number of hydrogen-bond acceptors (Lipinski definition) is 4. The van der Waals surface area contributed by atoms with Crippen LogP contribution in [0.1, 0.15) is 44.0 Å². The highest BCUT2D eigenvalue weighted by Gasteiger charge is 2.19. The molecule has 128 valence electrons. The molecule has 0 saturated heterocycles. The maximum atomic E-state index is 12.4. The molecule has 0 aliphatic carbocycles. The number of benzene rings is 1. The van der Waals surface area contributed by atoms with E-state index in [9.17, 15) is 9.59 Å². The average Bonchev–Trinajstić information content (AvgIpc) is 3.10. The maximum absolute atomic E-state index is 12.4. The van der Waals surface area contributed by atoms with Crippen LogP contribution in [0.5, 0.6) is 0 Å². The van der Waals surface area contributed by atoms with Gasteiger partial charge in [-0.1, -0.05) is 24.2 Å². The lowest BCUT2D eigenvalue weighted by Crippen LogP contribution is -2.31. The summed E-state index contributed by atoms with van der Waals surface area (Å²) in [6.45, 7) is 3.87. The van der Waals surface area contributed by atoms with Gasteiger partial charge in [-0.2, -0.15) is 0 Å². The largest absolute Gasteiger partial charge is 0.364 e. The van der Waals surface area contributed by atoms with Gasteiger partial charge in [-0.3, -0.25) is 9.59 Å². The van der Waals surface area contributed by atoms with E-state index in [1.807, 2.05) is 38.1 Å². The van der Waals surface area contributed by atoms with E-state index in [0.29, 0.717) is 12.8 Å². The molecule has 2 rings (SSSR count). The van der Waals surface area contributed by atoms with E-state index in [1.54, 1.807) is 18.0 Å². The summed E-state index contributed by atoms with van der Waals surface area (Å²) in [6.07, 6.45) is 3.11. The van der Waals surface area contributed by atoms with Gasteiger partial charge in [-0.15, -0.1) is 0 Å². The zero-order valence-electron chi connectivity index (χ0n) is 14.3. The fraction of sp³-hybridized carbons (Fsp3) is 0.389. The Labute approximate surface area is 141 Å². The zero-order chi connectivity index (χ0) is 17.5. The van der Waals surface area contributed by atoms with Crippen LogP contribution < -0.4 is 5.32 Å². The van der Waals surface area contributed by atoms with Crippen molar-refractivity contribution in [2.45, 2.75) is 39.2 Å². The average molecular weight is 329 g/mol. The molecule has 6 heteroatoms. The van der Waals surface area contributed by atoms with Crippen molar-refractivity contribution in [1.82, 2.24) is 10.1 Å². The molecule has 6 nitrogen and oxygen atoms in total. The molecule has 24 heavy (non-hydrogen) atoms. The Morgan fingerprint density at radius 1 is 1.25 bits per heavy atom. The third-order valence-corrected chi connectivity index (χ3v) is 3.93. The Morgan fingerprint density at radius 2 is 1.96 bits per heavy atom. The van der Waals surface area contributed by atoms with Crippen LogP contribution in [-0.4, -0.2) is 28.9 Å². The minimum absolute atomic E-state index is 0.00231. The summed E-state index contributed by atoms with van der Waals surface area (Å²) in [5, 5.41) is 6.70. The third kappa shape index (κ3) is 4.68. The molecule has 2 aromatic rings. The summed E-state index contributed by atoms with van der Waals surface area (Å²) in [7, 11) is 1.75. The van der Waals surface area contributed by atoms with E-state index >= 15 is 0 Å². The molecule has 0 aliphatic heterocycles. The molecule has 0 saturated carbocycles. The molecule has 0 spiro atoms. The molecule has 1 heterocycles. The number of likely N-dealkylation sites (N-methyl/N-ethyl adjacent to an activating group) is 1. The van der Waals surface area contributed by atoms with Gasteiger partial charge in [0.25, 0.3) is 0 Å². The van der Waals surface area contributed by atoms with E-state index in [1.165, 1.54) is 6.26 Å². The minimum atomic E-state index is -0.149. The molecule has 2 amide bonds. The van der Waals surface area contributed by atoms with Crippen LogP contribution >= 0.6 is 0 Å². The first-order valence-electron chi connectivity index (χ1n) is 8.06. The van der Waals surface area contributed by atoms with Gasteiger partial charge in [0.05, 0.1) is 12.5 Å². The van der Waals surface area contributed by atoms with E-state index in [0.717, 1.165) is 23.4 Å². The highest BCUT2D eigenvalue weighted by molar-refractivity contribution is 5.90. The molecular formula is C18H23N3O3. The number of amides is 2. The predicted molar refractivity (Wildman–Crippen MR) is 91.4 cm³/mol. The van der Waals surface area contributed by atoms with Gasteiger partial charge in [0.1, 0.15) is 12.0 Å². The van der Waals surface area contributed by atoms with Crippen LogP contribution in [0.2, 0.25) is 0 Å². The molecule has 0 fully saturated rings. The smallest absolute Gasteiger partial charge is 0.227 e. The number of carbonyl (C=O) groups excluding carboxylic acids is 2. The fourth-order valence-corrected chi connectivity index (χ4v) is 2.31. The van der Waals surface area contributed by atoms with Crippen molar-refractivity contribution >= 4 is 17.5 Å². The van der Waals surface area contributed by atoms with Crippen LogP contribution in [0.25, 0.3) is 0 Å². The summed E-state index contributed by atoms with van der Waals surface area (Å²) in [4.78, 5) is 25.6. The van der Waals surface area contributed by atoms with Gasteiger partial charge in [-0.25, -0.2) is 0 Å².